The lowest BCUT2D eigenvalue weighted by molar-refractivity contribution is -0.143. The van der Waals surface area contributed by atoms with Crippen molar-refractivity contribution < 1.29 is 14.6 Å². The molecule has 0 saturated heterocycles. The first-order chi connectivity index (χ1) is 8.72. The van der Waals surface area contributed by atoms with E-state index in [9.17, 15) is 4.79 Å². The van der Waals surface area contributed by atoms with Crippen LogP contribution in [-0.2, 0) is 16.0 Å². The van der Waals surface area contributed by atoms with Crippen molar-refractivity contribution in [3.63, 3.8) is 0 Å². The smallest absolute Gasteiger partial charge is 0.306 e. The predicted octanol–water partition coefficient (Wildman–Crippen LogP) is 1.91. The summed E-state index contributed by atoms with van der Waals surface area (Å²) in [5, 5.41) is 8.59. The van der Waals surface area contributed by atoms with E-state index in [1.807, 2.05) is 24.3 Å². The highest BCUT2D eigenvalue weighted by Crippen LogP contribution is 2.09. The number of ether oxygens (including phenoxy) is 1. The summed E-state index contributed by atoms with van der Waals surface area (Å²) >= 11 is 0. The van der Waals surface area contributed by atoms with Crippen molar-refractivity contribution in [1.82, 2.24) is 0 Å². The topological polar surface area (TPSA) is 72.6 Å². The Morgan fingerprint density at radius 1 is 1.28 bits per heavy atom. The van der Waals surface area contributed by atoms with Crippen LogP contribution in [0.1, 0.15) is 31.2 Å². The first-order valence-corrected chi connectivity index (χ1v) is 6.33. The second kappa shape index (κ2) is 8.53. The molecular formula is C14H21NO3. The first kappa shape index (κ1) is 14.5. The van der Waals surface area contributed by atoms with Crippen LogP contribution in [0.15, 0.2) is 24.3 Å². The number of unbranched alkanes of at least 4 members (excludes halogenated alkanes) is 2. The molecule has 0 radical (unpaired) electrons. The highest BCUT2D eigenvalue weighted by atomic mass is 16.5. The zero-order valence-electron chi connectivity index (χ0n) is 10.6. The number of nitrogen functional groups attached to an aromatic ring is 1. The molecule has 3 N–H and O–H groups in total. The minimum Gasteiger partial charge on any atom is -0.466 e. The van der Waals surface area contributed by atoms with E-state index < -0.39 is 0 Å². The molecule has 18 heavy (non-hydrogen) atoms. The molecule has 0 spiro atoms. The van der Waals surface area contributed by atoms with Crippen LogP contribution in [0.3, 0.4) is 0 Å². The summed E-state index contributed by atoms with van der Waals surface area (Å²) in [4.78, 5) is 11.4. The molecule has 0 aliphatic carbocycles. The lowest BCUT2D eigenvalue weighted by Crippen LogP contribution is -2.07. The van der Waals surface area contributed by atoms with Gasteiger partial charge in [-0.3, -0.25) is 4.79 Å². The highest BCUT2D eigenvalue weighted by molar-refractivity contribution is 5.69. The molecule has 1 aromatic carbocycles. The number of anilines is 1. The molecule has 0 atom stereocenters. The Balaban J connectivity index is 2.13. The molecule has 0 aromatic heterocycles. The third-order valence-electron chi connectivity index (χ3n) is 2.63. The molecule has 0 aliphatic rings. The molecule has 0 unspecified atom stereocenters. The number of aliphatic hydroxyl groups is 1. The molecule has 4 heteroatoms. The summed E-state index contributed by atoms with van der Waals surface area (Å²) in [5.74, 6) is -0.179. The van der Waals surface area contributed by atoms with E-state index in [0.717, 1.165) is 24.8 Å². The average Bonchev–Trinajstić information content (AvgIpc) is 2.36. The fraction of sp³-hybridized carbons (Fsp3) is 0.500. The van der Waals surface area contributed by atoms with Crippen LogP contribution in [0.2, 0.25) is 0 Å². The minimum atomic E-state index is -0.179. The number of rotatable bonds is 8. The van der Waals surface area contributed by atoms with Gasteiger partial charge in [-0.15, -0.1) is 0 Å². The van der Waals surface area contributed by atoms with Gasteiger partial charge < -0.3 is 15.6 Å². The zero-order valence-corrected chi connectivity index (χ0v) is 10.6. The largest absolute Gasteiger partial charge is 0.466 e. The normalized spacial score (nSPS) is 10.3. The van der Waals surface area contributed by atoms with Crippen molar-refractivity contribution >= 4 is 11.7 Å². The summed E-state index contributed by atoms with van der Waals surface area (Å²) in [6.07, 6.45) is 3.49. The van der Waals surface area contributed by atoms with Gasteiger partial charge in [0.25, 0.3) is 0 Å². The Hall–Kier alpha value is -1.55. The Bertz CT molecular complexity index is 366. The van der Waals surface area contributed by atoms with Crippen LogP contribution < -0.4 is 5.73 Å². The van der Waals surface area contributed by atoms with Gasteiger partial charge in [0.1, 0.15) is 0 Å². The maximum Gasteiger partial charge on any atom is 0.306 e. The van der Waals surface area contributed by atoms with Gasteiger partial charge in [0.2, 0.25) is 0 Å². The lowest BCUT2D eigenvalue weighted by atomic mass is 10.1. The van der Waals surface area contributed by atoms with Gasteiger partial charge in [0.15, 0.2) is 0 Å². The molecule has 4 nitrogen and oxygen atoms in total. The number of esters is 1. The van der Waals surface area contributed by atoms with E-state index in [4.69, 9.17) is 15.6 Å². The van der Waals surface area contributed by atoms with Crippen molar-refractivity contribution in [3.05, 3.63) is 29.8 Å². The Kier molecular flexibility index (Phi) is 6.87. The number of aliphatic hydroxyl groups excluding tert-OH is 1. The summed E-state index contributed by atoms with van der Waals surface area (Å²) in [7, 11) is 0. The Labute approximate surface area is 108 Å². The average molecular weight is 251 g/mol. The Morgan fingerprint density at radius 3 is 2.83 bits per heavy atom. The molecule has 0 saturated carbocycles. The SMILES string of the molecule is Nc1cccc(CCC(=O)OCCCCCO)c1. The first-order valence-electron chi connectivity index (χ1n) is 6.33. The standard InChI is InChI=1S/C14H21NO3/c15-13-6-4-5-12(11-13)7-8-14(17)18-10-3-1-2-9-16/h4-6,11,16H,1-3,7-10,15H2. The van der Waals surface area contributed by atoms with E-state index in [2.05, 4.69) is 0 Å². The van der Waals surface area contributed by atoms with Gasteiger partial charge in [-0.05, 0) is 43.4 Å². The van der Waals surface area contributed by atoms with Crippen molar-refractivity contribution in [2.45, 2.75) is 32.1 Å². The summed E-state index contributed by atoms with van der Waals surface area (Å²) in [6.45, 7) is 0.638. The van der Waals surface area contributed by atoms with Gasteiger partial charge in [0, 0.05) is 18.7 Å². The van der Waals surface area contributed by atoms with E-state index >= 15 is 0 Å². The summed E-state index contributed by atoms with van der Waals surface area (Å²) < 4.78 is 5.09. The molecular weight excluding hydrogens is 230 g/mol. The van der Waals surface area contributed by atoms with Crippen molar-refractivity contribution in [1.29, 1.82) is 0 Å². The number of nitrogens with two attached hydrogens (primary N) is 1. The maximum atomic E-state index is 11.4. The molecule has 1 aromatic rings. The number of hydrogen-bond acceptors (Lipinski definition) is 4. The molecule has 0 aliphatic heterocycles. The second-order valence-electron chi connectivity index (χ2n) is 4.25. The fourth-order valence-electron chi connectivity index (χ4n) is 1.64. The molecule has 0 bridgehead atoms. The van der Waals surface area contributed by atoms with E-state index in [-0.39, 0.29) is 12.6 Å². The highest BCUT2D eigenvalue weighted by Gasteiger charge is 2.03. The fourth-order valence-corrected chi connectivity index (χ4v) is 1.64. The summed E-state index contributed by atoms with van der Waals surface area (Å²) in [5.41, 5.74) is 7.42. The van der Waals surface area contributed by atoms with Crippen molar-refractivity contribution in [2.75, 3.05) is 18.9 Å². The zero-order chi connectivity index (χ0) is 13.2. The number of benzene rings is 1. The molecule has 100 valence electrons. The van der Waals surface area contributed by atoms with Gasteiger partial charge >= 0.3 is 5.97 Å². The van der Waals surface area contributed by atoms with Gasteiger partial charge in [-0.1, -0.05) is 12.1 Å². The quantitative estimate of drug-likeness (QED) is 0.420. The van der Waals surface area contributed by atoms with Crippen LogP contribution in [0.4, 0.5) is 5.69 Å². The molecule has 0 amide bonds. The molecule has 0 heterocycles. The van der Waals surface area contributed by atoms with Crippen LogP contribution in [0.5, 0.6) is 0 Å². The Morgan fingerprint density at radius 2 is 2.11 bits per heavy atom. The number of carbonyl (C=O) groups is 1. The second-order valence-corrected chi connectivity index (χ2v) is 4.25. The lowest BCUT2D eigenvalue weighted by Gasteiger charge is -2.05. The monoisotopic (exact) mass is 251 g/mol. The number of aryl methyl sites for hydroxylation is 1. The van der Waals surface area contributed by atoms with Crippen LogP contribution in [-0.4, -0.2) is 24.3 Å². The third kappa shape index (κ3) is 6.25. The van der Waals surface area contributed by atoms with Crippen molar-refractivity contribution in [2.24, 2.45) is 0 Å². The van der Waals surface area contributed by atoms with Crippen LogP contribution >= 0.6 is 0 Å². The minimum absolute atomic E-state index is 0.179. The van der Waals surface area contributed by atoms with E-state index in [0.29, 0.717) is 25.1 Å². The number of carbonyl (C=O) groups excluding carboxylic acids is 1. The van der Waals surface area contributed by atoms with Gasteiger partial charge in [-0.2, -0.15) is 0 Å². The molecule has 1 rings (SSSR count). The van der Waals surface area contributed by atoms with Gasteiger partial charge in [0.05, 0.1) is 6.61 Å². The van der Waals surface area contributed by atoms with Crippen molar-refractivity contribution in [3.8, 4) is 0 Å². The molecule has 0 fully saturated rings. The summed E-state index contributed by atoms with van der Waals surface area (Å²) in [6, 6.07) is 7.52. The third-order valence-corrected chi connectivity index (χ3v) is 2.63. The van der Waals surface area contributed by atoms with E-state index in [1.165, 1.54) is 0 Å². The predicted molar refractivity (Wildman–Crippen MR) is 71.1 cm³/mol. The van der Waals surface area contributed by atoms with Crippen LogP contribution in [0, 0.1) is 0 Å². The van der Waals surface area contributed by atoms with Gasteiger partial charge in [-0.25, -0.2) is 0 Å². The van der Waals surface area contributed by atoms with E-state index in [1.54, 1.807) is 0 Å². The maximum absolute atomic E-state index is 11.4. The van der Waals surface area contributed by atoms with Crippen LogP contribution in [0.25, 0.3) is 0 Å². The number of hydrogen-bond donors (Lipinski definition) is 2.